The van der Waals surface area contributed by atoms with Crippen molar-refractivity contribution in [2.75, 3.05) is 17.2 Å². The van der Waals surface area contributed by atoms with Crippen molar-refractivity contribution in [3.8, 4) is 10.6 Å². The minimum Gasteiger partial charge on any atom is -0.390 e. The fraction of sp³-hybridized carbons (Fsp3) is 0.615. The lowest BCUT2D eigenvalue weighted by atomic mass is 9.89. The van der Waals surface area contributed by atoms with Gasteiger partial charge in [-0.25, -0.2) is 9.97 Å². The third-order valence-electron chi connectivity index (χ3n) is 6.72. The second-order valence-electron chi connectivity index (χ2n) is 11.4. The molecular formula is C26H38N6OS. The molecule has 0 aliphatic heterocycles. The summed E-state index contributed by atoms with van der Waals surface area (Å²) in [5.74, 6) is 1.73. The van der Waals surface area contributed by atoms with Gasteiger partial charge in [0.25, 0.3) is 0 Å². The van der Waals surface area contributed by atoms with Crippen LogP contribution in [0.5, 0.6) is 0 Å². The zero-order valence-electron chi connectivity index (χ0n) is 21.5. The van der Waals surface area contributed by atoms with E-state index in [0.29, 0.717) is 5.95 Å². The molecule has 7 nitrogen and oxygen atoms in total. The molecule has 3 heterocycles. The number of rotatable bonds is 7. The van der Waals surface area contributed by atoms with E-state index in [-0.39, 0.29) is 17.4 Å². The van der Waals surface area contributed by atoms with E-state index in [0.717, 1.165) is 70.2 Å². The molecule has 1 fully saturated rings. The highest BCUT2D eigenvalue weighted by Gasteiger charge is 2.35. The molecule has 184 valence electrons. The van der Waals surface area contributed by atoms with Gasteiger partial charge < -0.3 is 15.7 Å². The number of aryl methyl sites for hydroxylation is 2. The Morgan fingerprint density at radius 3 is 2.47 bits per heavy atom. The average molecular weight is 483 g/mol. The number of aliphatic hydroxyl groups is 1. The number of aromatic nitrogens is 4. The Morgan fingerprint density at radius 1 is 1.06 bits per heavy atom. The molecule has 1 aliphatic carbocycles. The van der Waals surface area contributed by atoms with Crippen LogP contribution in [0.1, 0.15) is 71.7 Å². The Kier molecular flexibility index (Phi) is 6.84. The first-order chi connectivity index (χ1) is 15.9. The number of anilines is 2. The number of nitrogens with zero attached hydrogens (tertiary/aromatic N) is 4. The lowest BCUT2D eigenvalue weighted by Crippen LogP contribution is -2.30. The third kappa shape index (κ3) is 5.66. The summed E-state index contributed by atoms with van der Waals surface area (Å²) in [5.41, 5.74) is 3.29. The maximum absolute atomic E-state index is 10.5. The number of fused-ring (bicyclic) bond motifs is 1. The molecule has 0 spiro atoms. The lowest BCUT2D eigenvalue weighted by Gasteiger charge is -2.25. The fourth-order valence-electron chi connectivity index (χ4n) is 4.60. The van der Waals surface area contributed by atoms with Crippen molar-refractivity contribution < 1.29 is 5.11 Å². The zero-order chi connectivity index (χ0) is 24.7. The molecular weight excluding hydrogens is 444 g/mol. The lowest BCUT2D eigenvalue weighted by molar-refractivity contribution is 0.0197. The molecule has 3 aromatic heterocycles. The molecule has 4 rings (SSSR count). The molecule has 8 heteroatoms. The van der Waals surface area contributed by atoms with Gasteiger partial charge in [0.1, 0.15) is 16.3 Å². The highest BCUT2D eigenvalue weighted by Crippen LogP contribution is 2.40. The Labute approximate surface area is 206 Å². The van der Waals surface area contributed by atoms with Crippen LogP contribution in [0.3, 0.4) is 0 Å². The standard InChI is InChI=1S/C26H38N6OS/c1-15-20(23-31-21-16(2)27-12-10-19(21)34-23)22(30-18-9-8-17(14-18)26(6,7)33)32-24(29-15)28-13-11-25(3,4)5/h10,12,17-18,33H,8-9,11,13-14H2,1-7H3,(H2,28,29,30,32). The molecule has 34 heavy (non-hydrogen) atoms. The Bertz CT molecular complexity index is 1160. The van der Waals surface area contributed by atoms with Crippen LogP contribution >= 0.6 is 11.3 Å². The first-order valence-corrected chi connectivity index (χ1v) is 13.1. The summed E-state index contributed by atoms with van der Waals surface area (Å²) in [6.07, 6.45) is 5.79. The van der Waals surface area contributed by atoms with Crippen LogP contribution < -0.4 is 10.6 Å². The first kappa shape index (κ1) is 24.8. The number of hydrogen-bond acceptors (Lipinski definition) is 8. The third-order valence-corrected chi connectivity index (χ3v) is 7.76. The van der Waals surface area contributed by atoms with Crippen molar-refractivity contribution in [3.63, 3.8) is 0 Å². The molecule has 0 amide bonds. The summed E-state index contributed by atoms with van der Waals surface area (Å²) in [7, 11) is 0. The fourth-order valence-corrected chi connectivity index (χ4v) is 5.71. The summed E-state index contributed by atoms with van der Waals surface area (Å²) in [6, 6.07) is 2.27. The Hall–Kier alpha value is -2.32. The summed E-state index contributed by atoms with van der Waals surface area (Å²) in [6.45, 7) is 15.4. The molecule has 1 saturated carbocycles. The van der Waals surface area contributed by atoms with E-state index in [1.165, 1.54) is 0 Å². The predicted molar refractivity (Wildman–Crippen MR) is 142 cm³/mol. The average Bonchev–Trinajstić information content (AvgIpc) is 3.34. The van der Waals surface area contributed by atoms with Gasteiger partial charge in [0.2, 0.25) is 5.95 Å². The number of hydrogen-bond donors (Lipinski definition) is 3. The van der Waals surface area contributed by atoms with Crippen LogP contribution in [0.2, 0.25) is 0 Å². The second kappa shape index (κ2) is 9.38. The van der Waals surface area contributed by atoms with Gasteiger partial charge in [-0.1, -0.05) is 20.8 Å². The quantitative estimate of drug-likeness (QED) is 0.382. The minimum atomic E-state index is -0.669. The van der Waals surface area contributed by atoms with Crippen molar-refractivity contribution in [2.24, 2.45) is 11.3 Å². The van der Waals surface area contributed by atoms with Crippen LogP contribution in [0.15, 0.2) is 12.3 Å². The summed E-state index contributed by atoms with van der Waals surface area (Å²) in [5, 5.41) is 18.6. The van der Waals surface area contributed by atoms with Gasteiger partial charge in [0, 0.05) is 18.8 Å². The van der Waals surface area contributed by atoms with Gasteiger partial charge in [-0.3, -0.25) is 4.98 Å². The molecule has 0 bridgehead atoms. The van der Waals surface area contributed by atoms with E-state index in [4.69, 9.17) is 15.0 Å². The van der Waals surface area contributed by atoms with Crippen molar-refractivity contribution in [1.82, 2.24) is 19.9 Å². The molecule has 0 radical (unpaired) electrons. The van der Waals surface area contributed by atoms with E-state index in [2.05, 4.69) is 36.4 Å². The van der Waals surface area contributed by atoms with Gasteiger partial charge in [0.15, 0.2) is 0 Å². The van der Waals surface area contributed by atoms with Gasteiger partial charge in [-0.2, -0.15) is 4.98 Å². The van der Waals surface area contributed by atoms with E-state index >= 15 is 0 Å². The van der Waals surface area contributed by atoms with E-state index in [9.17, 15) is 5.11 Å². The molecule has 0 saturated heterocycles. The highest BCUT2D eigenvalue weighted by atomic mass is 32.1. The van der Waals surface area contributed by atoms with Gasteiger partial charge in [-0.15, -0.1) is 11.3 Å². The molecule has 0 aromatic carbocycles. The second-order valence-corrected chi connectivity index (χ2v) is 12.4. The molecule has 3 aromatic rings. The highest BCUT2D eigenvalue weighted by molar-refractivity contribution is 7.21. The van der Waals surface area contributed by atoms with Crippen LogP contribution in [0.25, 0.3) is 20.8 Å². The molecule has 3 N–H and O–H groups in total. The normalized spacial score (nSPS) is 19.1. The first-order valence-electron chi connectivity index (χ1n) is 12.2. The van der Waals surface area contributed by atoms with E-state index in [1.54, 1.807) is 11.3 Å². The largest absolute Gasteiger partial charge is 0.390 e. The summed E-state index contributed by atoms with van der Waals surface area (Å²) in [4.78, 5) is 19.1. The van der Waals surface area contributed by atoms with Gasteiger partial charge in [0.05, 0.1) is 27.3 Å². The molecule has 2 unspecified atom stereocenters. The Balaban J connectivity index is 1.68. The van der Waals surface area contributed by atoms with Crippen LogP contribution in [0.4, 0.5) is 11.8 Å². The summed E-state index contributed by atoms with van der Waals surface area (Å²) >= 11 is 1.65. The van der Waals surface area contributed by atoms with Crippen molar-refractivity contribution in [3.05, 3.63) is 23.7 Å². The minimum absolute atomic E-state index is 0.242. The van der Waals surface area contributed by atoms with E-state index < -0.39 is 5.60 Å². The van der Waals surface area contributed by atoms with Gasteiger partial charge >= 0.3 is 0 Å². The Morgan fingerprint density at radius 2 is 1.82 bits per heavy atom. The molecule has 1 aliphatic rings. The maximum Gasteiger partial charge on any atom is 0.224 e. The number of pyridine rings is 1. The monoisotopic (exact) mass is 482 g/mol. The van der Waals surface area contributed by atoms with Crippen LogP contribution in [-0.2, 0) is 0 Å². The van der Waals surface area contributed by atoms with Crippen molar-refractivity contribution in [1.29, 1.82) is 0 Å². The SMILES string of the molecule is Cc1nc(NCCC(C)(C)C)nc(NC2CCC(C(C)(C)O)C2)c1-c1nc2c(C)nccc2s1. The van der Waals surface area contributed by atoms with Crippen molar-refractivity contribution in [2.45, 2.75) is 85.8 Å². The smallest absolute Gasteiger partial charge is 0.224 e. The molecule has 2 atom stereocenters. The summed E-state index contributed by atoms with van der Waals surface area (Å²) < 4.78 is 1.11. The topological polar surface area (TPSA) is 95.9 Å². The van der Waals surface area contributed by atoms with Crippen LogP contribution in [0, 0.1) is 25.2 Å². The van der Waals surface area contributed by atoms with E-state index in [1.807, 2.05) is 40.0 Å². The van der Waals surface area contributed by atoms with Crippen molar-refractivity contribution >= 4 is 33.3 Å². The maximum atomic E-state index is 10.5. The predicted octanol–water partition coefficient (Wildman–Crippen LogP) is 5.96. The van der Waals surface area contributed by atoms with Crippen LogP contribution in [-0.4, -0.2) is 43.2 Å². The number of nitrogens with one attached hydrogen (secondary N) is 2. The number of thiazole rings is 1. The zero-order valence-corrected chi connectivity index (χ0v) is 22.3. The van der Waals surface area contributed by atoms with Gasteiger partial charge in [-0.05, 0) is 70.8 Å².